The zero-order chi connectivity index (χ0) is 26.4. The summed E-state index contributed by atoms with van der Waals surface area (Å²) >= 11 is 0. The summed E-state index contributed by atoms with van der Waals surface area (Å²) in [5, 5.41) is 15.7. The van der Waals surface area contributed by atoms with E-state index in [1.165, 1.54) is 17.0 Å². The molecule has 0 aliphatic heterocycles. The number of phenolic OH excluding ortho intramolecular Hbond substituents is 1. The van der Waals surface area contributed by atoms with Gasteiger partial charge in [-0.25, -0.2) is 4.79 Å². The maximum absolute atomic E-state index is 13.8. The number of hydrogen-bond acceptors (Lipinski definition) is 6. The van der Waals surface area contributed by atoms with Crippen LogP contribution in [0.25, 0.3) is 0 Å². The van der Waals surface area contributed by atoms with Crippen molar-refractivity contribution in [1.82, 2.24) is 15.5 Å². The molecule has 0 spiro atoms. The van der Waals surface area contributed by atoms with Crippen LogP contribution in [-0.4, -0.2) is 57.0 Å². The predicted molar refractivity (Wildman–Crippen MR) is 128 cm³/mol. The third-order valence-corrected chi connectivity index (χ3v) is 4.52. The average Bonchev–Trinajstić information content (AvgIpc) is 2.62. The lowest BCUT2D eigenvalue weighted by molar-refractivity contribution is -0.149. The van der Waals surface area contributed by atoms with Gasteiger partial charge in [-0.05, 0) is 61.5 Å². The topological polar surface area (TPSA) is 151 Å². The Morgan fingerprint density at radius 2 is 1.59 bits per heavy atom. The summed E-state index contributed by atoms with van der Waals surface area (Å²) in [7, 11) is 0. The largest absolute Gasteiger partial charge is 0.508 e. The van der Waals surface area contributed by atoms with Crippen molar-refractivity contribution in [2.24, 2.45) is 5.73 Å². The van der Waals surface area contributed by atoms with Crippen molar-refractivity contribution in [3.05, 3.63) is 29.8 Å². The van der Waals surface area contributed by atoms with Gasteiger partial charge in [-0.3, -0.25) is 14.4 Å². The summed E-state index contributed by atoms with van der Waals surface area (Å²) in [6, 6.07) is 3.28. The molecule has 1 rings (SSSR count). The number of primary amides is 1. The summed E-state index contributed by atoms with van der Waals surface area (Å²) in [5.41, 5.74) is 3.74. The van der Waals surface area contributed by atoms with Gasteiger partial charge in [0.2, 0.25) is 17.7 Å². The smallest absolute Gasteiger partial charge is 0.408 e. The van der Waals surface area contributed by atoms with Crippen molar-refractivity contribution >= 4 is 23.8 Å². The number of aromatic hydroxyl groups is 1. The summed E-state index contributed by atoms with van der Waals surface area (Å²) < 4.78 is 5.24. The van der Waals surface area contributed by atoms with Crippen molar-refractivity contribution < 1.29 is 29.0 Å². The molecule has 4 amide bonds. The highest BCUT2D eigenvalue weighted by molar-refractivity contribution is 5.95. The Morgan fingerprint density at radius 1 is 1.03 bits per heavy atom. The highest BCUT2D eigenvalue weighted by atomic mass is 16.6. The van der Waals surface area contributed by atoms with Gasteiger partial charge >= 0.3 is 6.09 Å². The first-order chi connectivity index (χ1) is 15.4. The van der Waals surface area contributed by atoms with Gasteiger partial charge in [0, 0.05) is 17.1 Å². The van der Waals surface area contributed by atoms with Gasteiger partial charge < -0.3 is 31.1 Å². The molecule has 5 N–H and O–H groups in total. The molecule has 0 saturated heterocycles. The van der Waals surface area contributed by atoms with E-state index in [0.717, 1.165) is 0 Å². The van der Waals surface area contributed by atoms with Crippen molar-refractivity contribution in [3.8, 4) is 5.75 Å². The molecule has 0 radical (unpaired) electrons. The minimum Gasteiger partial charge on any atom is -0.508 e. The zero-order valence-corrected chi connectivity index (χ0v) is 21.3. The normalized spacial score (nSPS) is 13.6. The second-order valence-corrected chi connectivity index (χ2v) is 10.4. The molecule has 10 nitrogen and oxygen atoms in total. The Balaban J connectivity index is 3.59. The number of benzene rings is 1. The fourth-order valence-corrected chi connectivity index (χ4v) is 3.34. The summed E-state index contributed by atoms with van der Waals surface area (Å²) in [4.78, 5) is 52.6. The van der Waals surface area contributed by atoms with Crippen LogP contribution in [0, 0.1) is 0 Å². The van der Waals surface area contributed by atoms with E-state index in [9.17, 15) is 24.3 Å². The molecule has 10 heteroatoms. The van der Waals surface area contributed by atoms with Crippen molar-refractivity contribution in [2.75, 3.05) is 0 Å². The minimum absolute atomic E-state index is 0.181. The van der Waals surface area contributed by atoms with Crippen LogP contribution in [0.3, 0.4) is 0 Å². The van der Waals surface area contributed by atoms with Gasteiger partial charge in [0.25, 0.3) is 0 Å². The van der Waals surface area contributed by atoms with Crippen LogP contribution >= 0.6 is 0 Å². The third kappa shape index (κ3) is 8.57. The van der Waals surface area contributed by atoms with Crippen LogP contribution in [0.4, 0.5) is 4.79 Å². The van der Waals surface area contributed by atoms with Crippen LogP contribution < -0.4 is 16.4 Å². The molecule has 2 atom stereocenters. The molecule has 0 aliphatic carbocycles. The van der Waals surface area contributed by atoms with Gasteiger partial charge in [0.05, 0.1) is 6.42 Å². The standard InChI is InChI=1S/C24H38N4O6/c1-14(2)26-20(31)19(15-11-9-10-12-17(15)29)28(23(3,4)5)21(32)16(13-18(25)30)27-22(33)34-24(6,7)8/h9-12,14,16,19,29H,13H2,1-8H3,(H2,25,30)(H,26,31)(H,27,33). The fraction of sp³-hybridized carbons (Fsp3) is 0.583. The molecule has 0 aliphatic rings. The molecule has 2 unspecified atom stereocenters. The molecule has 0 saturated carbocycles. The van der Waals surface area contributed by atoms with E-state index in [1.807, 2.05) is 0 Å². The van der Waals surface area contributed by atoms with E-state index in [4.69, 9.17) is 10.5 Å². The van der Waals surface area contributed by atoms with E-state index < -0.39 is 53.5 Å². The van der Waals surface area contributed by atoms with Gasteiger partial charge in [-0.15, -0.1) is 0 Å². The molecule has 190 valence electrons. The maximum atomic E-state index is 13.8. The fourth-order valence-electron chi connectivity index (χ4n) is 3.34. The van der Waals surface area contributed by atoms with Crippen LogP contribution in [0.5, 0.6) is 5.75 Å². The van der Waals surface area contributed by atoms with Crippen LogP contribution in [0.2, 0.25) is 0 Å². The van der Waals surface area contributed by atoms with Crippen LogP contribution in [-0.2, 0) is 19.1 Å². The molecule has 1 aromatic carbocycles. The number of nitrogens with two attached hydrogens (primary N) is 1. The number of amides is 4. The number of carbonyl (C=O) groups excluding carboxylic acids is 4. The Kier molecular flexibility index (Phi) is 9.48. The predicted octanol–water partition coefficient (Wildman–Crippen LogP) is 2.35. The van der Waals surface area contributed by atoms with Crippen LogP contribution in [0.1, 0.15) is 73.4 Å². The maximum Gasteiger partial charge on any atom is 0.408 e. The third-order valence-electron chi connectivity index (χ3n) is 4.52. The molecular weight excluding hydrogens is 440 g/mol. The number of carbonyl (C=O) groups is 4. The minimum atomic E-state index is -1.40. The van der Waals surface area contributed by atoms with Crippen molar-refractivity contribution in [1.29, 1.82) is 0 Å². The van der Waals surface area contributed by atoms with E-state index in [1.54, 1.807) is 67.5 Å². The lowest BCUT2D eigenvalue weighted by Gasteiger charge is -2.43. The summed E-state index contributed by atoms with van der Waals surface area (Å²) in [6.07, 6.45) is -1.42. The molecule has 0 fully saturated rings. The second kappa shape index (κ2) is 11.2. The molecule has 0 heterocycles. The number of ether oxygens (including phenoxy) is 1. The molecule has 34 heavy (non-hydrogen) atoms. The summed E-state index contributed by atoms with van der Waals surface area (Å²) in [5.74, 6) is -2.27. The Morgan fingerprint density at radius 3 is 2.03 bits per heavy atom. The number of rotatable bonds is 8. The molecule has 0 aromatic heterocycles. The van der Waals surface area contributed by atoms with Crippen molar-refractivity contribution in [2.45, 2.75) is 91.1 Å². The Bertz CT molecular complexity index is 901. The first-order valence-electron chi connectivity index (χ1n) is 11.1. The van der Waals surface area contributed by atoms with Crippen molar-refractivity contribution in [3.63, 3.8) is 0 Å². The zero-order valence-electron chi connectivity index (χ0n) is 21.3. The quantitative estimate of drug-likeness (QED) is 0.450. The Hall–Kier alpha value is -3.30. The van der Waals surface area contributed by atoms with Gasteiger partial charge in [0.15, 0.2) is 0 Å². The SMILES string of the molecule is CC(C)NC(=O)C(c1ccccc1O)N(C(=O)C(CC(N)=O)NC(=O)OC(C)(C)C)C(C)(C)C. The monoisotopic (exact) mass is 478 g/mol. The summed E-state index contributed by atoms with van der Waals surface area (Å²) in [6.45, 7) is 13.6. The van der Waals surface area contributed by atoms with Gasteiger partial charge in [-0.2, -0.15) is 0 Å². The first kappa shape index (κ1) is 28.7. The Labute approximate surface area is 201 Å². The number of phenols is 1. The highest BCUT2D eigenvalue weighted by Crippen LogP contribution is 2.34. The van der Waals surface area contributed by atoms with Crippen LogP contribution in [0.15, 0.2) is 24.3 Å². The number of hydrogen-bond donors (Lipinski definition) is 4. The number of nitrogens with zero attached hydrogens (tertiary/aromatic N) is 1. The molecule has 1 aromatic rings. The number of para-hydroxylation sites is 1. The average molecular weight is 479 g/mol. The number of nitrogens with one attached hydrogen (secondary N) is 2. The highest BCUT2D eigenvalue weighted by Gasteiger charge is 2.43. The van der Waals surface area contributed by atoms with E-state index in [0.29, 0.717) is 0 Å². The number of alkyl carbamates (subject to hydrolysis) is 1. The first-order valence-corrected chi connectivity index (χ1v) is 11.1. The lowest BCUT2D eigenvalue weighted by atomic mass is 9.94. The van der Waals surface area contributed by atoms with E-state index in [2.05, 4.69) is 10.6 Å². The van der Waals surface area contributed by atoms with E-state index >= 15 is 0 Å². The van der Waals surface area contributed by atoms with Gasteiger partial charge in [0.1, 0.15) is 23.4 Å². The lowest BCUT2D eigenvalue weighted by Crippen LogP contribution is -2.59. The van der Waals surface area contributed by atoms with E-state index in [-0.39, 0.29) is 17.4 Å². The molecular formula is C24H38N4O6. The second-order valence-electron chi connectivity index (χ2n) is 10.4. The van der Waals surface area contributed by atoms with Gasteiger partial charge in [-0.1, -0.05) is 18.2 Å². The molecule has 0 bridgehead atoms.